The molecule has 1 saturated heterocycles. The van der Waals surface area contributed by atoms with Gasteiger partial charge in [-0.1, -0.05) is 31.9 Å². The summed E-state index contributed by atoms with van der Waals surface area (Å²) in [7, 11) is 1.53. The van der Waals surface area contributed by atoms with Crippen molar-refractivity contribution in [1.29, 1.82) is 0 Å². The molecule has 0 bridgehead atoms. The number of amides is 1. The molecule has 9 heteroatoms. The van der Waals surface area contributed by atoms with Crippen molar-refractivity contribution in [2.45, 2.75) is 32.2 Å². The van der Waals surface area contributed by atoms with Gasteiger partial charge in [0.05, 0.1) is 25.3 Å². The molecular formula is C30H30N2O7. The molecule has 5 rings (SSSR count). The molecule has 1 N–H and O–H groups in total. The number of pyridine rings is 1. The van der Waals surface area contributed by atoms with Gasteiger partial charge in [-0.05, 0) is 54.4 Å². The third kappa shape index (κ3) is 5.12. The number of rotatable bonds is 9. The minimum Gasteiger partial charge on any atom is -0.507 e. The van der Waals surface area contributed by atoms with Crippen LogP contribution in [0, 0.1) is 0 Å². The van der Waals surface area contributed by atoms with E-state index in [1.54, 1.807) is 60.8 Å². The lowest BCUT2D eigenvalue weighted by Crippen LogP contribution is -2.30. The van der Waals surface area contributed by atoms with Crippen LogP contribution in [0.3, 0.4) is 0 Å². The highest BCUT2D eigenvalue weighted by Gasteiger charge is 2.47. The number of carbonyl (C=O) groups is 2. The Morgan fingerprint density at radius 1 is 1.03 bits per heavy atom. The van der Waals surface area contributed by atoms with Crippen LogP contribution >= 0.6 is 0 Å². The molecule has 2 aliphatic heterocycles. The van der Waals surface area contributed by atoms with E-state index in [4.69, 9.17) is 18.9 Å². The zero-order valence-corrected chi connectivity index (χ0v) is 21.9. The van der Waals surface area contributed by atoms with Crippen molar-refractivity contribution in [2.24, 2.45) is 0 Å². The highest BCUT2D eigenvalue weighted by molar-refractivity contribution is 6.51. The third-order valence-electron chi connectivity index (χ3n) is 6.67. The summed E-state index contributed by atoms with van der Waals surface area (Å²) in [5, 5.41) is 11.5. The van der Waals surface area contributed by atoms with E-state index >= 15 is 0 Å². The van der Waals surface area contributed by atoms with Crippen molar-refractivity contribution < 1.29 is 33.6 Å². The Kier molecular flexibility index (Phi) is 7.67. The minimum atomic E-state index is -0.962. The number of carbonyl (C=O) groups excluding carboxylic acids is 2. The van der Waals surface area contributed by atoms with Crippen molar-refractivity contribution in [3.63, 3.8) is 0 Å². The lowest BCUT2D eigenvalue weighted by Gasteiger charge is -2.25. The molecule has 2 aliphatic rings. The molecule has 0 radical (unpaired) electrons. The van der Waals surface area contributed by atoms with E-state index in [1.807, 2.05) is 0 Å². The van der Waals surface area contributed by atoms with Gasteiger partial charge in [0.2, 0.25) is 0 Å². The van der Waals surface area contributed by atoms with Crippen molar-refractivity contribution in [3.8, 4) is 23.0 Å². The maximum atomic E-state index is 13.5. The van der Waals surface area contributed by atoms with Crippen LogP contribution in [-0.4, -0.2) is 48.7 Å². The predicted molar refractivity (Wildman–Crippen MR) is 144 cm³/mol. The number of aromatic nitrogens is 1. The van der Waals surface area contributed by atoms with E-state index < -0.39 is 17.7 Å². The third-order valence-corrected chi connectivity index (χ3v) is 6.67. The van der Waals surface area contributed by atoms with Crippen LogP contribution in [0.5, 0.6) is 23.0 Å². The first-order valence-corrected chi connectivity index (χ1v) is 13.0. The van der Waals surface area contributed by atoms with Gasteiger partial charge in [0.1, 0.15) is 24.8 Å². The van der Waals surface area contributed by atoms with Crippen molar-refractivity contribution in [3.05, 3.63) is 77.5 Å². The second-order valence-corrected chi connectivity index (χ2v) is 9.18. The first kappa shape index (κ1) is 26.1. The Labute approximate surface area is 226 Å². The molecule has 1 atom stereocenters. The van der Waals surface area contributed by atoms with E-state index in [2.05, 4.69) is 11.9 Å². The number of hydrogen-bond donors (Lipinski definition) is 1. The molecule has 9 nitrogen and oxygen atoms in total. The number of ether oxygens (including phenoxy) is 4. The summed E-state index contributed by atoms with van der Waals surface area (Å²) in [6, 6.07) is 14.3. The monoisotopic (exact) mass is 530 g/mol. The highest BCUT2D eigenvalue weighted by atomic mass is 16.6. The predicted octanol–water partition coefficient (Wildman–Crippen LogP) is 5.06. The fourth-order valence-electron chi connectivity index (χ4n) is 4.73. The number of nitrogens with zero attached hydrogens (tertiary/aromatic N) is 2. The molecular weight excluding hydrogens is 500 g/mol. The standard InChI is InChI=1S/C30H30N2O7/c1-3-4-7-14-37-21-11-9-19(17-23(21)36-2)27-26(29(34)30(35)32(27)25-8-5-6-13-31-25)28(33)20-10-12-22-24(18-20)39-16-15-38-22/h5-6,8-13,17-18,27,33H,3-4,7,14-16H2,1-2H3. The number of aliphatic hydroxyl groups excluding tert-OH is 1. The number of unbranched alkanes of at least 4 members (excludes halogenated alkanes) is 2. The summed E-state index contributed by atoms with van der Waals surface area (Å²) in [6.07, 6.45) is 4.59. The normalized spacial score (nSPS) is 17.8. The van der Waals surface area contributed by atoms with Crippen LogP contribution in [0.25, 0.3) is 5.76 Å². The van der Waals surface area contributed by atoms with Gasteiger partial charge in [0, 0.05) is 11.8 Å². The number of methoxy groups -OCH3 is 1. The molecule has 1 unspecified atom stereocenters. The first-order chi connectivity index (χ1) is 19.0. The Morgan fingerprint density at radius 3 is 2.59 bits per heavy atom. The summed E-state index contributed by atoms with van der Waals surface area (Å²) in [5.74, 6) is 0.342. The fraction of sp³-hybridized carbons (Fsp3) is 0.300. The molecule has 39 heavy (non-hydrogen) atoms. The summed E-state index contributed by atoms with van der Waals surface area (Å²) in [6.45, 7) is 3.46. The number of benzene rings is 2. The molecule has 1 fully saturated rings. The number of Topliss-reactive ketones (excluding diaryl/α,β-unsaturated/α-hetero) is 1. The van der Waals surface area contributed by atoms with Crippen LogP contribution in [0.15, 0.2) is 66.4 Å². The second-order valence-electron chi connectivity index (χ2n) is 9.18. The van der Waals surface area contributed by atoms with Crippen LogP contribution in [0.2, 0.25) is 0 Å². The second kappa shape index (κ2) is 11.5. The van der Waals surface area contributed by atoms with E-state index in [1.165, 1.54) is 12.0 Å². The van der Waals surface area contributed by atoms with Crippen molar-refractivity contribution in [2.75, 3.05) is 31.8 Å². The Bertz CT molecular complexity index is 1400. The van der Waals surface area contributed by atoms with Gasteiger partial charge in [-0.2, -0.15) is 0 Å². The maximum absolute atomic E-state index is 13.5. The summed E-state index contributed by atoms with van der Waals surface area (Å²) >= 11 is 0. The zero-order valence-electron chi connectivity index (χ0n) is 21.9. The van der Waals surface area contributed by atoms with Gasteiger partial charge in [-0.3, -0.25) is 14.5 Å². The SMILES string of the molecule is CCCCCOc1ccc(C2C(=C(O)c3ccc4c(c3)OCCO4)C(=O)C(=O)N2c2ccccn2)cc1OC. The lowest BCUT2D eigenvalue weighted by molar-refractivity contribution is -0.132. The Balaban J connectivity index is 1.61. The molecule has 1 amide bonds. The van der Waals surface area contributed by atoms with Crippen LogP contribution in [-0.2, 0) is 9.59 Å². The van der Waals surface area contributed by atoms with Gasteiger partial charge in [-0.15, -0.1) is 0 Å². The summed E-state index contributed by atoms with van der Waals surface area (Å²) < 4.78 is 22.8. The number of ketones is 1. The van der Waals surface area contributed by atoms with E-state index in [0.29, 0.717) is 53.9 Å². The van der Waals surface area contributed by atoms with E-state index in [-0.39, 0.29) is 17.2 Å². The molecule has 2 aromatic carbocycles. The number of anilines is 1. The number of hydrogen-bond acceptors (Lipinski definition) is 8. The lowest BCUT2D eigenvalue weighted by atomic mass is 9.94. The molecule has 3 heterocycles. The number of fused-ring (bicyclic) bond motifs is 1. The molecule has 1 aromatic heterocycles. The van der Waals surface area contributed by atoms with Crippen molar-refractivity contribution in [1.82, 2.24) is 4.98 Å². The topological polar surface area (TPSA) is 107 Å². The van der Waals surface area contributed by atoms with Crippen LogP contribution < -0.4 is 23.8 Å². The Hall–Kier alpha value is -4.53. The van der Waals surface area contributed by atoms with Gasteiger partial charge >= 0.3 is 5.91 Å². The van der Waals surface area contributed by atoms with E-state index in [9.17, 15) is 14.7 Å². The minimum absolute atomic E-state index is 0.0685. The smallest absolute Gasteiger partial charge is 0.301 e. The molecule has 202 valence electrons. The highest BCUT2D eigenvalue weighted by Crippen LogP contribution is 2.44. The van der Waals surface area contributed by atoms with Gasteiger partial charge < -0.3 is 24.1 Å². The van der Waals surface area contributed by atoms with Crippen molar-refractivity contribution >= 4 is 23.3 Å². The zero-order chi connectivity index (χ0) is 27.4. The molecule has 3 aromatic rings. The van der Waals surface area contributed by atoms with Gasteiger partial charge in [0.15, 0.2) is 23.0 Å². The fourth-order valence-corrected chi connectivity index (χ4v) is 4.73. The Morgan fingerprint density at radius 2 is 1.85 bits per heavy atom. The van der Waals surface area contributed by atoms with Gasteiger partial charge in [-0.25, -0.2) is 4.98 Å². The van der Waals surface area contributed by atoms with Crippen LogP contribution in [0.4, 0.5) is 5.82 Å². The average molecular weight is 531 g/mol. The first-order valence-electron chi connectivity index (χ1n) is 13.0. The molecule has 0 spiro atoms. The van der Waals surface area contributed by atoms with E-state index in [0.717, 1.165) is 19.3 Å². The van der Waals surface area contributed by atoms with Crippen LogP contribution in [0.1, 0.15) is 43.4 Å². The quantitative estimate of drug-likeness (QED) is 0.177. The summed E-state index contributed by atoms with van der Waals surface area (Å²) in [5.41, 5.74) is 0.809. The average Bonchev–Trinajstić information content (AvgIpc) is 3.25. The molecule has 0 saturated carbocycles. The molecule has 0 aliphatic carbocycles. The van der Waals surface area contributed by atoms with Gasteiger partial charge in [0.25, 0.3) is 5.78 Å². The summed E-state index contributed by atoms with van der Waals surface area (Å²) in [4.78, 5) is 32.4. The number of aliphatic hydroxyl groups is 1. The largest absolute Gasteiger partial charge is 0.507 e. The maximum Gasteiger partial charge on any atom is 0.301 e.